The van der Waals surface area contributed by atoms with Gasteiger partial charge in [0.15, 0.2) is 0 Å². The highest BCUT2D eigenvalue weighted by atomic mass is 16.5. The van der Waals surface area contributed by atoms with Gasteiger partial charge in [0, 0.05) is 12.2 Å². The average molecular weight is 485 g/mol. The van der Waals surface area contributed by atoms with Crippen LogP contribution in [0.15, 0.2) is 72.8 Å². The number of carbonyl (C=O) groups excluding carboxylic acids is 2. The second-order valence-corrected chi connectivity index (χ2v) is 8.53. The van der Waals surface area contributed by atoms with E-state index in [1.54, 1.807) is 17.0 Å². The minimum atomic E-state index is -0.189. The Labute approximate surface area is 211 Å². The predicted molar refractivity (Wildman–Crippen MR) is 142 cm³/mol. The van der Waals surface area contributed by atoms with E-state index in [-0.39, 0.29) is 31.6 Å². The standard InChI is InChI=1S/C29H32N4O3/c1-4-22-15-11-12-21(3)28(22)33(20-36-5-2)27(34)19-32-25-17-10-9-16-24(25)31-26(32)18-30-29(35)23-13-7-6-8-14-23/h6-17H,4-5,18-20H2,1-3H3,(H,30,35). The maximum atomic E-state index is 13.8. The molecule has 0 saturated carbocycles. The van der Waals surface area contributed by atoms with Crippen LogP contribution in [-0.2, 0) is 29.0 Å². The summed E-state index contributed by atoms with van der Waals surface area (Å²) in [4.78, 5) is 32.9. The summed E-state index contributed by atoms with van der Waals surface area (Å²) in [5.74, 6) is 0.322. The third-order valence-electron chi connectivity index (χ3n) is 6.17. The molecule has 0 fully saturated rings. The topological polar surface area (TPSA) is 76.5 Å². The van der Waals surface area contributed by atoms with Crippen LogP contribution in [0.2, 0.25) is 0 Å². The molecule has 7 heteroatoms. The lowest BCUT2D eigenvalue weighted by atomic mass is 10.0. The van der Waals surface area contributed by atoms with Gasteiger partial charge in [-0.2, -0.15) is 0 Å². The van der Waals surface area contributed by atoms with Crippen LogP contribution in [0.1, 0.15) is 41.2 Å². The van der Waals surface area contributed by atoms with Crippen molar-refractivity contribution in [2.45, 2.75) is 40.3 Å². The first-order valence-electron chi connectivity index (χ1n) is 12.3. The van der Waals surface area contributed by atoms with Crippen molar-refractivity contribution in [2.24, 2.45) is 0 Å². The molecule has 0 atom stereocenters. The number of carbonyl (C=O) groups is 2. The van der Waals surface area contributed by atoms with Gasteiger partial charge in [-0.15, -0.1) is 0 Å². The number of fused-ring (bicyclic) bond motifs is 1. The Morgan fingerprint density at radius 1 is 0.972 bits per heavy atom. The molecule has 36 heavy (non-hydrogen) atoms. The van der Waals surface area contributed by atoms with E-state index in [1.165, 1.54) is 0 Å². The number of ether oxygens (including phenoxy) is 1. The van der Waals surface area contributed by atoms with E-state index in [0.717, 1.165) is 34.3 Å². The zero-order valence-electron chi connectivity index (χ0n) is 21.0. The van der Waals surface area contributed by atoms with Crippen LogP contribution in [-0.4, -0.2) is 34.7 Å². The normalized spacial score (nSPS) is 11.0. The number of nitrogens with zero attached hydrogens (tertiary/aromatic N) is 3. The third-order valence-corrected chi connectivity index (χ3v) is 6.17. The first-order valence-corrected chi connectivity index (χ1v) is 12.3. The molecular weight excluding hydrogens is 452 g/mol. The first-order chi connectivity index (χ1) is 17.5. The van der Waals surface area contributed by atoms with Crippen LogP contribution >= 0.6 is 0 Å². The molecule has 186 valence electrons. The fourth-order valence-electron chi connectivity index (χ4n) is 4.34. The Morgan fingerprint density at radius 3 is 2.47 bits per heavy atom. The van der Waals surface area contributed by atoms with Crippen molar-refractivity contribution >= 4 is 28.5 Å². The van der Waals surface area contributed by atoms with Crippen molar-refractivity contribution in [1.82, 2.24) is 14.9 Å². The fraction of sp³-hybridized carbons (Fsp3) is 0.276. The van der Waals surface area contributed by atoms with Gasteiger partial charge in [0.2, 0.25) is 5.91 Å². The molecule has 0 unspecified atom stereocenters. The van der Waals surface area contributed by atoms with Crippen LogP contribution in [0.4, 0.5) is 5.69 Å². The molecule has 0 bridgehead atoms. The quantitative estimate of drug-likeness (QED) is 0.326. The minimum Gasteiger partial charge on any atom is -0.361 e. The second-order valence-electron chi connectivity index (χ2n) is 8.53. The monoisotopic (exact) mass is 484 g/mol. The summed E-state index contributed by atoms with van der Waals surface area (Å²) >= 11 is 0. The van der Waals surface area contributed by atoms with Crippen LogP contribution in [0, 0.1) is 6.92 Å². The minimum absolute atomic E-state index is 0.0710. The highest BCUT2D eigenvalue weighted by molar-refractivity contribution is 5.96. The third kappa shape index (κ3) is 5.47. The maximum Gasteiger partial charge on any atom is 0.251 e. The summed E-state index contributed by atoms with van der Waals surface area (Å²) in [6.45, 7) is 6.95. The molecule has 1 N–H and O–H groups in total. The van der Waals surface area contributed by atoms with Gasteiger partial charge >= 0.3 is 0 Å². The number of rotatable bonds is 10. The molecule has 4 aromatic rings. The van der Waals surface area contributed by atoms with Crippen LogP contribution in [0.5, 0.6) is 0 Å². The van der Waals surface area contributed by atoms with Gasteiger partial charge in [0.25, 0.3) is 5.91 Å². The second kappa shape index (κ2) is 11.6. The van der Waals surface area contributed by atoms with E-state index in [4.69, 9.17) is 9.72 Å². The van der Waals surface area contributed by atoms with Crippen molar-refractivity contribution in [3.8, 4) is 0 Å². The number of aromatic nitrogens is 2. The molecule has 4 rings (SSSR count). The highest BCUT2D eigenvalue weighted by Gasteiger charge is 2.23. The SMILES string of the molecule is CCOCN(C(=O)Cn1c(CNC(=O)c2ccccc2)nc2ccccc21)c1c(C)cccc1CC. The van der Waals surface area contributed by atoms with E-state index >= 15 is 0 Å². The lowest BCUT2D eigenvalue weighted by molar-refractivity contribution is -0.120. The van der Waals surface area contributed by atoms with Crippen molar-refractivity contribution in [2.75, 3.05) is 18.2 Å². The largest absolute Gasteiger partial charge is 0.361 e. The first kappa shape index (κ1) is 25.1. The van der Waals surface area contributed by atoms with Crippen molar-refractivity contribution in [3.63, 3.8) is 0 Å². The van der Waals surface area contributed by atoms with Gasteiger partial charge in [0.05, 0.1) is 23.3 Å². The zero-order chi connectivity index (χ0) is 25.5. The number of hydrogen-bond acceptors (Lipinski definition) is 4. The van der Waals surface area contributed by atoms with E-state index < -0.39 is 0 Å². The number of nitrogens with one attached hydrogen (secondary N) is 1. The number of anilines is 1. The van der Waals surface area contributed by atoms with Crippen LogP contribution in [0.25, 0.3) is 11.0 Å². The maximum absolute atomic E-state index is 13.8. The Balaban J connectivity index is 1.65. The van der Waals surface area contributed by atoms with E-state index in [2.05, 4.69) is 12.2 Å². The predicted octanol–water partition coefficient (Wildman–Crippen LogP) is 4.86. The molecule has 1 heterocycles. The van der Waals surface area contributed by atoms with Gasteiger partial charge in [-0.25, -0.2) is 4.98 Å². The number of para-hydroxylation sites is 3. The molecule has 7 nitrogen and oxygen atoms in total. The number of imidazole rings is 1. The Bertz CT molecular complexity index is 1350. The summed E-state index contributed by atoms with van der Waals surface area (Å²) in [6.07, 6.45) is 0.803. The number of benzene rings is 3. The lowest BCUT2D eigenvalue weighted by Gasteiger charge is -2.27. The lowest BCUT2D eigenvalue weighted by Crippen LogP contribution is -2.37. The Kier molecular flexibility index (Phi) is 8.13. The highest BCUT2D eigenvalue weighted by Crippen LogP contribution is 2.27. The van der Waals surface area contributed by atoms with Gasteiger partial charge < -0.3 is 14.6 Å². The van der Waals surface area contributed by atoms with Crippen LogP contribution < -0.4 is 10.2 Å². The van der Waals surface area contributed by atoms with E-state index in [9.17, 15) is 9.59 Å². The zero-order valence-corrected chi connectivity index (χ0v) is 21.0. The van der Waals surface area contributed by atoms with E-state index in [0.29, 0.717) is 18.0 Å². The van der Waals surface area contributed by atoms with Crippen molar-refractivity contribution in [3.05, 3.63) is 95.3 Å². The van der Waals surface area contributed by atoms with Gasteiger partial charge in [0.1, 0.15) is 19.1 Å². The average Bonchev–Trinajstić information content (AvgIpc) is 3.25. The Hall–Kier alpha value is -3.97. The number of hydrogen-bond donors (Lipinski definition) is 1. The number of aryl methyl sites for hydroxylation is 2. The molecule has 0 spiro atoms. The molecule has 0 aliphatic heterocycles. The summed E-state index contributed by atoms with van der Waals surface area (Å²) in [7, 11) is 0. The van der Waals surface area contributed by atoms with Crippen LogP contribution in [0.3, 0.4) is 0 Å². The van der Waals surface area contributed by atoms with Gasteiger partial charge in [-0.1, -0.05) is 55.5 Å². The molecule has 1 aromatic heterocycles. The smallest absolute Gasteiger partial charge is 0.251 e. The molecule has 0 aliphatic carbocycles. The molecule has 0 saturated heterocycles. The molecule has 3 aromatic carbocycles. The molecular formula is C29H32N4O3. The summed E-state index contributed by atoms with van der Waals surface area (Å²) in [5.41, 5.74) is 5.19. The number of amides is 2. The van der Waals surface area contributed by atoms with E-state index in [1.807, 2.05) is 79.1 Å². The molecule has 0 aliphatic rings. The van der Waals surface area contributed by atoms with Crippen molar-refractivity contribution < 1.29 is 14.3 Å². The van der Waals surface area contributed by atoms with Crippen molar-refractivity contribution in [1.29, 1.82) is 0 Å². The summed E-state index contributed by atoms with van der Waals surface area (Å²) < 4.78 is 7.59. The summed E-state index contributed by atoms with van der Waals surface area (Å²) in [5, 5.41) is 2.94. The molecule has 0 radical (unpaired) electrons. The summed E-state index contributed by atoms with van der Waals surface area (Å²) in [6, 6.07) is 22.8. The molecule has 2 amide bonds. The van der Waals surface area contributed by atoms with Gasteiger partial charge in [-0.3, -0.25) is 14.5 Å². The fourth-order valence-corrected chi connectivity index (χ4v) is 4.34. The Morgan fingerprint density at radius 2 is 1.72 bits per heavy atom. The van der Waals surface area contributed by atoms with Gasteiger partial charge in [-0.05, 0) is 55.7 Å².